The van der Waals surface area contributed by atoms with Crippen LogP contribution in [-0.4, -0.2) is 24.4 Å². The van der Waals surface area contributed by atoms with Crippen LogP contribution in [0.25, 0.3) is 0 Å². The van der Waals surface area contributed by atoms with E-state index in [9.17, 15) is 5.11 Å². The summed E-state index contributed by atoms with van der Waals surface area (Å²) < 4.78 is 5.49. The van der Waals surface area contributed by atoms with Gasteiger partial charge in [0, 0.05) is 13.2 Å². The van der Waals surface area contributed by atoms with Gasteiger partial charge in [-0.25, -0.2) is 0 Å². The van der Waals surface area contributed by atoms with E-state index in [0.717, 1.165) is 38.4 Å². The van der Waals surface area contributed by atoms with Crippen LogP contribution in [0.4, 0.5) is 0 Å². The third kappa shape index (κ3) is 4.52. The molecule has 15 heavy (non-hydrogen) atoms. The van der Waals surface area contributed by atoms with E-state index in [1.165, 1.54) is 19.3 Å². The molecule has 3 atom stereocenters. The number of hydrogen-bond acceptors (Lipinski definition) is 2. The van der Waals surface area contributed by atoms with Crippen molar-refractivity contribution in [1.82, 2.24) is 0 Å². The lowest BCUT2D eigenvalue weighted by Gasteiger charge is -2.32. The molecule has 1 aliphatic carbocycles. The Hall–Kier alpha value is -0.0800. The van der Waals surface area contributed by atoms with Crippen LogP contribution in [0.5, 0.6) is 0 Å². The van der Waals surface area contributed by atoms with Gasteiger partial charge in [0.25, 0.3) is 0 Å². The first-order valence-electron chi connectivity index (χ1n) is 6.53. The lowest BCUT2D eigenvalue weighted by Crippen LogP contribution is -2.29. The minimum atomic E-state index is -0.0713. The zero-order valence-corrected chi connectivity index (χ0v) is 10.2. The van der Waals surface area contributed by atoms with Gasteiger partial charge in [-0.05, 0) is 43.9 Å². The summed E-state index contributed by atoms with van der Waals surface area (Å²) >= 11 is 0. The van der Waals surface area contributed by atoms with Crippen molar-refractivity contribution >= 4 is 0 Å². The van der Waals surface area contributed by atoms with E-state index >= 15 is 0 Å². The number of hydrogen-bond donors (Lipinski definition) is 1. The van der Waals surface area contributed by atoms with Crippen molar-refractivity contribution in [3.05, 3.63) is 0 Å². The Morgan fingerprint density at radius 3 is 2.67 bits per heavy atom. The topological polar surface area (TPSA) is 29.5 Å². The smallest absolute Gasteiger partial charge is 0.0569 e. The van der Waals surface area contributed by atoms with Gasteiger partial charge in [0.05, 0.1) is 6.10 Å². The molecule has 0 aromatic heterocycles. The summed E-state index contributed by atoms with van der Waals surface area (Å²) in [6.07, 6.45) is 6.73. The lowest BCUT2D eigenvalue weighted by molar-refractivity contribution is 0.0227. The van der Waals surface area contributed by atoms with Crippen molar-refractivity contribution in [1.29, 1.82) is 0 Å². The molecule has 1 saturated carbocycles. The standard InChI is InChI=1S/C13H26O2/c1-3-8-15-9-7-12-10-11(4-2)5-6-13(12)14/h11-14H,3-10H2,1-2H3. The van der Waals surface area contributed by atoms with Crippen LogP contribution in [0.2, 0.25) is 0 Å². The first kappa shape index (κ1) is 13.0. The predicted octanol–water partition coefficient (Wildman–Crippen LogP) is 2.99. The third-order valence-corrected chi connectivity index (χ3v) is 3.61. The number of aliphatic hydroxyl groups is 1. The second kappa shape index (κ2) is 7.24. The summed E-state index contributed by atoms with van der Waals surface area (Å²) in [6.45, 7) is 6.07. The third-order valence-electron chi connectivity index (χ3n) is 3.61. The highest BCUT2D eigenvalue weighted by atomic mass is 16.5. The van der Waals surface area contributed by atoms with Gasteiger partial charge < -0.3 is 9.84 Å². The lowest BCUT2D eigenvalue weighted by atomic mass is 9.77. The van der Waals surface area contributed by atoms with Crippen molar-refractivity contribution in [2.24, 2.45) is 11.8 Å². The minimum Gasteiger partial charge on any atom is -0.393 e. The van der Waals surface area contributed by atoms with Gasteiger partial charge in [0.15, 0.2) is 0 Å². The summed E-state index contributed by atoms with van der Waals surface area (Å²) in [4.78, 5) is 0. The molecule has 0 aliphatic heterocycles. The summed E-state index contributed by atoms with van der Waals surface area (Å²) in [7, 11) is 0. The summed E-state index contributed by atoms with van der Waals surface area (Å²) in [5.41, 5.74) is 0. The molecular weight excluding hydrogens is 188 g/mol. The molecular formula is C13H26O2. The molecule has 1 N–H and O–H groups in total. The second-order valence-electron chi connectivity index (χ2n) is 4.82. The summed E-state index contributed by atoms with van der Waals surface area (Å²) in [5, 5.41) is 9.88. The van der Waals surface area contributed by atoms with Crippen molar-refractivity contribution in [2.75, 3.05) is 13.2 Å². The molecule has 1 aliphatic rings. The summed E-state index contributed by atoms with van der Waals surface area (Å²) in [6, 6.07) is 0. The van der Waals surface area contributed by atoms with Crippen LogP contribution < -0.4 is 0 Å². The maximum Gasteiger partial charge on any atom is 0.0569 e. The van der Waals surface area contributed by atoms with Gasteiger partial charge >= 0.3 is 0 Å². The van der Waals surface area contributed by atoms with Crippen molar-refractivity contribution < 1.29 is 9.84 Å². The number of rotatable bonds is 6. The molecule has 0 radical (unpaired) electrons. The van der Waals surface area contributed by atoms with E-state index in [4.69, 9.17) is 4.74 Å². The van der Waals surface area contributed by atoms with E-state index in [1.54, 1.807) is 0 Å². The van der Waals surface area contributed by atoms with E-state index in [0.29, 0.717) is 5.92 Å². The van der Waals surface area contributed by atoms with E-state index < -0.39 is 0 Å². The molecule has 0 heterocycles. The zero-order chi connectivity index (χ0) is 11.1. The minimum absolute atomic E-state index is 0.0713. The van der Waals surface area contributed by atoms with E-state index in [2.05, 4.69) is 13.8 Å². The van der Waals surface area contributed by atoms with Crippen molar-refractivity contribution in [3.63, 3.8) is 0 Å². The van der Waals surface area contributed by atoms with Crippen LogP contribution in [0.3, 0.4) is 0 Å². The monoisotopic (exact) mass is 214 g/mol. The molecule has 2 nitrogen and oxygen atoms in total. The van der Waals surface area contributed by atoms with Gasteiger partial charge in [-0.2, -0.15) is 0 Å². The average Bonchev–Trinajstić information content (AvgIpc) is 2.26. The molecule has 0 aromatic rings. The van der Waals surface area contributed by atoms with E-state index in [1.807, 2.05) is 0 Å². The highest BCUT2D eigenvalue weighted by Crippen LogP contribution is 2.33. The normalized spacial score (nSPS) is 31.8. The van der Waals surface area contributed by atoms with Gasteiger partial charge in [0.1, 0.15) is 0 Å². The Kier molecular flexibility index (Phi) is 6.26. The fraction of sp³-hybridized carbons (Fsp3) is 1.00. The van der Waals surface area contributed by atoms with Gasteiger partial charge in [-0.15, -0.1) is 0 Å². The Morgan fingerprint density at radius 1 is 1.20 bits per heavy atom. The largest absolute Gasteiger partial charge is 0.393 e. The molecule has 3 unspecified atom stereocenters. The quantitative estimate of drug-likeness (QED) is 0.689. The molecule has 0 spiro atoms. The Labute approximate surface area is 94.0 Å². The second-order valence-corrected chi connectivity index (χ2v) is 4.82. The number of ether oxygens (including phenoxy) is 1. The SMILES string of the molecule is CCCOCCC1CC(CC)CCC1O. The highest BCUT2D eigenvalue weighted by molar-refractivity contribution is 4.79. The molecule has 0 aromatic carbocycles. The Bertz CT molecular complexity index is 159. The maximum absolute atomic E-state index is 9.88. The molecule has 0 amide bonds. The highest BCUT2D eigenvalue weighted by Gasteiger charge is 2.27. The first-order chi connectivity index (χ1) is 7.27. The number of aliphatic hydroxyl groups excluding tert-OH is 1. The average molecular weight is 214 g/mol. The fourth-order valence-corrected chi connectivity index (χ4v) is 2.51. The molecule has 90 valence electrons. The van der Waals surface area contributed by atoms with Crippen LogP contribution in [0, 0.1) is 11.8 Å². The van der Waals surface area contributed by atoms with Crippen LogP contribution in [-0.2, 0) is 4.74 Å². The molecule has 2 heteroatoms. The van der Waals surface area contributed by atoms with Crippen LogP contribution in [0.1, 0.15) is 52.4 Å². The van der Waals surface area contributed by atoms with E-state index in [-0.39, 0.29) is 6.10 Å². The molecule has 1 fully saturated rings. The Balaban J connectivity index is 2.19. The van der Waals surface area contributed by atoms with Gasteiger partial charge in [-0.1, -0.05) is 20.3 Å². The first-order valence-corrected chi connectivity index (χ1v) is 6.53. The van der Waals surface area contributed by atoms with Gasteiger partial charge in [0.2, 0.25) is 0 Å². The van der Waals surface area contributed by atoms with Crippen LogP contribution >= 0.6 is 0 Å². The predicted molar refractivity (Wildman–Crippen MR) is 62.9 cm³/mol. The maximum atomic E-state index is 9.88. The van der Waals surface area contributed by atoms with Crippen molar-refractivity contribution in [2.45, 2.75) is 58.5 Å². The van der Waals surface area contributed by atoms with Crippen LogP contribution in [0.15, 0.2) is 0 Å². The Morgan fingerprint density at radius 2 is 2.00 bits per heavy atom. The van der Waals surface area contributed by atoms with Gasteiger partial charge in [-0.3, -0.25) is 0 Å². The zero-order valence-electron chi connectivity index (χ0n) is 10.2. The molecule has 0 saturated heterocycles. The fourth-order valence-electron chi connectivity index (χ4n) is 2.51. The van der Waals surface area contributed by atoms with Crippen molar-refractivity contribution in [3.8, 4) is 0 Å². The summed E-state index contributed by atoms with van der Waals surface area (Å²) in [5.74, 6) is 1.32. The molecule has 0 bridgehead atoms. The molecule has 1 rings (SSSR count).